The first kappa shape index (κ1) is 51.2. The average molecular weight is 941 g/mol. The number of nitriles is 1. The quantitative estimate of drug-likeness (QED) is 0.0169. The van der Waals surface area contributed by atoms with Crippen LogP contribution in [-0.4, -0.2) is 64.5 Å². The van der Waals surface area contributed by atoms with Crippen molar-refractivity contribution >= 4 is 56.6 Å². The van der Waals surface area contributed by atoms with Gasteiger partial charge in [-0.3, -0.25) is 14.4 Å². The first-order valence-electron chi connectivity index (χ1n) is 22.8. The summed E-state index contributed by atoms with van der Waals surface area (Å²) in [4.78, 5) is 56.3. The van der Waals surface area contributed by atoms with Crippen molar-refractivity contribution in [3.05, 3.63) is 178 Å². The molecule has 12 nitrogen and oxygen atoms in total. The van der Waals surface area contributed by atoms with Gasteiger partial charge in [-0.25, -0.2) is 9.64 Å². The molecule has 0 unspecified atom stereocenters. The van der Waals surface area contributed by atoms with E-state index in [1.807, 2.05) is 84.9 Å². The zero-order chi connectivity index (χ0) is 50.3. The van der Waals surface area contributed by atoms with Gasteiger partial charge < -0.3 is 28.4 Å². The van der Waals surface area contributed by atoms with Gasteiger partial charge in [-0.1, -0.05) is 125 Å². The van der Waals surface area contributed by atoms with Crippen LogP contribution in [0.1, 0.15) is 75.6 Å². The summed E-state index contributed by atoms with van der Waals surface area (Å²) in [6.07, 6.45) is 0.836. The Morgan fingerprint density at radius 2 is 0.900 bits per heavy atom. The Morgan fingerprint density at radius 1 is 0.514 bits per heavy atom. The number of methoxy groups -OCH3 is 2. The van der Waals surface area contributed by atoms with E-state index in [1.54, 1.807) is 90.4 Å². The van der Waals surface area contributed by atoms with Gasteiger partial charge >= 0.3 is 23.9 Å². The van der Waals surface area contributed by atoms with Crippen molar-refractivity contribution in [2.45, 2.75) is 53.4 Å². The van der Waals surface area contributed by atoms with Crippen molar-refractivity contribution in [1.29, 1.82) is 5.26 Å². The van der Waals surface area contributed by atoms with Crippen molar-refractivity contribution in [1.82, 2.24) is 0 Å². The highest BCUT2D eigenvalue weighted by molar-refractivity contribution is 6.06. The van der Waals surface area contributed by atoms with E-state index in [1.165, 1.54) is 0 Å². The Hall–Kier alpha value is -8.22. The first-order chi connectivity index (χ1) is 33.6. The number of nitrogens with zero attached hydrogens (tertiary/aromatic N) is 2. The van der Waals surface area contributed by atoms with Gasteiger partial charge in [0.25, 0.3) is 5.70 Å². The molecule has 0 aliphatic rings. The number of unbranched alkanes of at least 4 members (excludes halogenated alkanes) is 1. The van der Waals surface area contributed by atoms with Gasteiger partial charge in [-0.2, -0.15) is 5.26 Å². The third-order valence-electron chi connectivity index (χ3n) is 11.4. The van der Waals surface area contributed by atoms with E-state index in [9.17, 15) is 24.4 Å². The highest BCUT2D eigenvalue weighted by Gasteiger charge is 2.28. The molecule has 0 N–H and O–H groups in total. The van der Waals surface area contributed by atoms with Crippen LogP contribution in [0, 0.1) is 28.7 Å². The third-order valence-corrected chi connectivity index (χ3v) is 11.4. The van der Waals surface area contributed by atoms with Gasteiger partial charge in [0.15, 0.2) is 0 Å². The predicted molar refractivity (Wildman–Crippen MR) is 268 cm³/mol. The fourth-order valence-corrected chi connectivity index (χ4v) is 7.49. The maximum absolute atomic E-state index is 13.6. The van der Waals surface area contributed by atoms with Gasteiger partial charge in [0.1, 0.15) is 29.7 Å². The number of carbonyl (C=O) groups excluding carboxylic acids is 4. The lowest BCUT2D eigenvalue weighted by Gasteiger charge is -2.24. The summed E-state index contributed by atoms with van der Waals surface area (Å²) in [6, 6.07) is 43.3. The topological polar surface area (TPSA) is 152 Å². The molecule has 12 heteroatoms. The second kappa shape index (κ2) is 23.7. The Balaban J connectivity index is 0.964. The summed E-state index contributed by atoms with van der Waals surface area (Å²) in [5.74, 6) is -1.32. The van der Waals surface area contributed by atoms with Crippen LogP contribution in [0.5, 0.6) is 11.5 Å². The normalized spacial score (nSPS) is 12.1. The summed E-state index contributed by atoms with van der Waals surface area (Å²) >= 11 is 0. The minimum absolute atomic E-state index is 0.0498. The zero-order valence-electron chi connectivity index (χ0n) is 40.3. The fraction of sp³-hybridized carbons (Fsp3) is 0.276. The highest BCUT2D eigenvalue weighted by Crippen LogP contribution is 2.34. The highest BCUT2D eigenvalue weighted by atomic mass is 16.6. The van der Waals surface area contributed by atoms with Crippen molar-refractivity contribution in [2.24, 2.45) is 10.8 Å². The summed E-state index contributed by atoms with van der Waals surface area (Å²) in [5.41, 5.74) is 1.52. The van der Waals surface area contributed by atoms with Gasteiger partial charge in [-0.05, 0) is 93.0 Å². The summed E-state index contributed by atoms with van der Waals surface area (Å²) in [5, 5.41) is 14.2. The number of benzene rings is 6. The van der Waals surface area contributed by atoms with Crippen LogP contribution in [-0.2, 0) is 38.1 Å². The van der Waals surface area contributed by atoms with Crippen LogP contribution in [0.2, 0.25) is 0 Å². The van der Waals surface area contributed by atoms with Gasteiger partial charge in [0, 0.05) is 34.8 Å². The second-order valence-corrected chi connectivity index (χ2v) is 18.3. The number of esters is 4. The van der Waals surface area contributed by atoms with Crippen molar-refractivity contribution < 1.29 is 47.6 Å². The minimum atomic E-state index is -0.810. The average Bonchev–Trinajstić information content (AvgIpc) is 3.38. The Bertz CT molecular complexity index is 2800. The zero-order valence-corrected chi connectivity index (χ0v) is 40.3. The SMILES string of the molecule is [C-]#[N+]/C(C(=O)OCC(C)(C)COC(=O)CCCCC(=O)OCC(C)(C)COC(=O)/C(C#N)=C(\c1ccc(OC)cc1)c1ccc2ccccc2c1)=C(/c1ccc(OC)cc1)c1ccc2ccccc2c1. The molecule has 70 heavy (non-hydrogen) atoms. The number of fused-ring (bicyclic) bond motifs is 2. The number of hydrogen-bond donors (Lipinski definition) is 0. The van der Waals surface area contributed by atoms with Crippen LogP contribution in [0.3, 0.4) is 0 Å². The molecule has 6 rings (SSSR count). The van der Waals surface area contributed by atoms with Crippen LogP contribution < -0.4 is 9.47 Å². The maximum Gasteiger partial charge on any atom is 0.349 e. The standard InChI is InChI=1S/C58H56N2O10/c1-57(2,37-69-55(63)49(34-59)52(41-24-28-47(65-6)29-25-41)45-22-20-39-14-8-10-16-43(39)32-45)35-67-50(61)18-12-13-19-51(62)68-36-58(3,4)38-70-56(64)54(60-5)53(42-26-30-48(66-7)31-27-42)46-23-21-40-15-9-11-17-44(40)33-46/h8-11,14-17,20-33H,12-13,18-19,35-38H2,1-4,6-7H3/b52-49+,54-53-. The molecule has 6 aromatic carbocycles. The van der Waals surface area contributed by atoms with Crippen molar-refractivity contribution in [3.8, 4) is 17.6 Å². The maximum atomic E-state index is 13.6. The number of rotatable bonds is 21. The molecule has 0 fully saturated rings. The molecular formula is C58H56N2O10. The molecule has 0 aliphatic heterocycles. The van der Waals surface area contributed by atoms with E-state index < -0.39 is 34.7 Å². The molecule has 0 bridgehead atoms. The second-order valence-electron chi connectivity index (χ2n) is 18.3. The van der Waals surface area contributed by atoms with E-state index >= 15 is 0 Å². The number of carbonyl (C=O) groups is 4. The molecule has 0 radical (unpaired) electrons. The van der Waals surface area contributed by atoms with Gasteiger partial charge in [-0.15, -0.1) is 0 Å². The summed E-state index contributed by atoms with van der Waals surface area (Å²) in [6.45, 7) is 14.8. The molecule has 358 valence electrons. The lowest BCUT2D eigenvalue weighted by Crippen LogP contribution is -2.29. The molecule has 0 heterocycles. The largest absolute Gasteiger partial charge is 0.497 e. The van der Waals surface area contributed by atoms with Gasteiger partial charge in [0.2, 0.25) is 0 Å². The molecular weight excluding hydrogens is 885 g/mol. The fourth-order valence-electron chi connectivity index (χ4n) is 7.49. The minimum Gasteiger partial charge on any atom is -0.497 e. The van der Waals surface area contributed by atoms with Crippen LogP contribution in [0.4, 0.5) is 0 Å². The third kappa shape index (κ3) is 13.7. The van der Waals surface area contributed by atoms with E-state index in [-0.39, 0.29) is 50.5 Å². The molecule has 0 saturated heterocycles. The smallest absolute Gasteiger partial charge is 0.349 e. The Kier molecular flexibility index (Phi) is 17.3. The number of hydrogen-bond acceptors (Lipinski definition) is 11. The monoisotopic (exact) mass is 940 g/mol. The molecule has 6 aromatic rings. The van der Waals surface area contributed by atoms with Crippen molar-refractivity contribution in [2.75, 3.05) is 40.6 Å². The van der Waals surface area contributed by atoms with Crippen LogP contribution >= 0.6 is 0 Å². The first-order valence-corrected chi connectivity index (χ1v) is 22.8. The Morgan fingerprint density at radius 3 is 1.33 bits per heavy atom. The van der Waals surface area contributed by atoms with E-state index in [4.69, 9.17) is 35.0 Å². The molecule has 0 spiro atoms. The lowest BCUT2D eigenvalue weighted by molar-refractivity contribution is -0.153. The summed E-state index contributed by atoms with van der Waals surface area (Å²) in [7, 11) is 3.12. The van der Waals surface area contributed by atoms with E-state index in [0.717, 1.165) is 21.5 Å². The van der Waals surface area contributed by atoms with Crippen LogP contribution in [0.25, 0.3) is 37.5 Å². The van der Waals surface area contributed by atoms with E-state index in [0.29, 0.717) is 57.7 Å². The predicted octanol–water partition coefficient (Wildman–Crippen LogP) is 11.5. The Labute approximate surface area is 408 Å². The van der Waals surface area contributed by atoms with Crippen LogP contribution in [0.15, 0.2) is 145 Å². The molecule has 0 amide bonds. The number of ether oxygens (including phenoxy) is 6. The van der Waals surface area contributed by atoms with Gasteiger partial charge in [0.05, 0.1) is 40.6 Å². The molecule has 0 aromatic heterocycles. The van der Waals surface area contributed by atoms with Crippen molar-refractivity contribution in [3.63, 3.8) is 0 Å². The lowest BCUT2D eigenvalue weighted by atomic mass is 9.91. The molecule has 0 aliphatic carbocycles. The summed E-state index contributed by atoms with van der Waals surface area (Å²) < 4.78 is 33.1. The van der Waals surface area contributed by atoms with E-state index in [2.05, 4.69) is 10.9 Å². The molecule has 0 saturated carbocycles. The molecule has 0 atom stereocenters.